The molecule has 0 amide bonds. The van der Waals surface area contributed by atoms with E-state index in [1.165, 1.54) is 39.0 Å². The first-order valence-corrected chi connectivity index (χ1v) is 27.8. The van der Waals surface area contributed by atoms with Crippen molar-refractivity contribution in [2.45, 2.75) is 65.2 Å². The smallest absolute Gasteiger partial charge is 0.305 e. The van der Waals surface area contributed by atoms with E-state index in [0.717, 1.165) is 108 Å². The quantitative estimate of drug-likeness (QED) is 0.121. The Labute approximate surface area is 492 Å². The molecule has 1 aliphatic rings. The summed E-state index contributed by atoms with van der Waals surface area (Å²) in [6, 6.07) is 87.6. The number of rotatable bonds is 11. The molecular formula is C77H62IrN3. The molecule has 0 saturated heterocycles. The number of allylic oxidation sites excluding steroid dienone is 4. The van der Waals surface area contributed by atoms with Gasteiger partial charge in [-0.15, -0.1) is 83.4 Å². The molecule has 0 saturated carbocycles. The number of pyridine rings is 3. The summed E-state index contributed by atoms with van der Waals surface area (Å²) in [6.07, 6.45) is 12.1. The molecule has 4 heteroatoms. The summed E-state index contributed by atoms with van der Waals surface area (Å²) >= 11 is 0. The summed E-state index contributed by atoms with van der Waals surface area (Å²) in [4.78, 5) is 14.3. The van der Waals surface area contributed by atoms with Crippen LogP contribution in [0.25, 0.3) is 112 Å². The van der Waals surface area contributed by atoms with Gasteiger partial charge in [-0.3, -0.25) is 0 Å². The van der Waals surface area contributed by atoms with Gasteiger partial charge in [0.05, 0.1) is 0 Å². The van der Waals surface area contributed by atoms with E-state index in [1.54, 1.807) is 0 Å². The van der Waals surface area contributed by atoms with Crippen LogP contribution in [0.3, 0.4) is 0 Å². The molecule has 0 N–H and O–H groups in total. The van der Waals surface area contributed by atoms with Gasteiger partial charge in [0.1, 0.15) is 0 Å². The second kappa shape index (κ2) is 23.2. The first-order chi connectivity index (χ1) is 38.9. The Hall–Kier alpha value is -8.66. The van der Waals surface area contributed by atoms with Crippen LogP contribution in [0.15, 0.2) is 243 Å². The molecule has 0 atom stereocenters. The van der Waals surface area contributed by atoms with Gasteiger partial charge in [0, 0.05) is 18.6 Å². The molecule has 0 unspecified atom stereocenters. The minimum atomic E-state index is 0. The maximum absolute atomic E-state index is 4.78. The molecule has 11 aromatic rings. The summed E-state index contributed by atoms with van der Waals surface area (Å²) in [5, 5.41) is 0. The Balaban J connectivity index is 0.00000690. The van der Waals surface area contributed by atoms with Crippen molar-refractivity contribution in [3.05, 3.63) is 284 Å². The van der Waals surface area contributed by atoms with Gasteiger partial charge < -0.3 is 15.0 Å². The molecule has 0 bridgehead atoms. The second-order valence-electron chi connectivity index (χ2n) is 22.9. The molecule has 0 aliphatic heterocycles. The minimum Gasteiger partial charge on any atom is -0.305 e. The van der Waals surface area contributed by atoms with Gasteiger partial charge in [0.15, 0.2) is 0 Å². The molecule has 81 heavy (non-hydrogen) atoms. The molecular weight excluding hydrogens is 1160 g/mol. The SMILES string of the molecule is CC(C)(C)c1ccnc(-c2[c-]cc(C3=C(c4cc(-c5ccccc5-c5c[c-]c(-c6cc(C(C)(C)C)ccn6)cc5)cc(-c5ccccc5-c5c[c-]c(-c6ccccn6)cc5-c5ccc(-c6ccccc6)cc5)c4)CCC=C3)cc2)c1.[Ir+3]. The van der Waals surface area contributed by atoms with Crippen LogP contribution in [0, 0.1) is 18.2 Å². The van der Waals surface area contributed by atoms with E-state index in [1.807, 2.05) is 30.7 Å². The number of nitrogens with zero attached hydrogens (tertiary/aromatic N) is 3. The van der Waals surface area contributed by atoms with Crippen molar-refractivity contribution in [1.82, 2.24) is 15.0 Å². The van der Waals surface area contributed by atoms with E-state index in [2.05, 4.69) is 272 Å². The van der Waals surface area contributed by atoms with E-state index >= 15 is 0 Å². The van der Waals surface area contributed by atoms with Gasteiger partial charge in [0.25, 0.3) is 0 Å². The topological polar surface area (TPSA) is 38.7 Å². The normalized spacial score (nSPS) is 12.5. The predicted molar refractivity (Wildman–Crippen MR) is 334 cm³/mol. The van der Waals surface area contributed by atoms with Crippen molar-refractivity contribution in [3.63, 3.8) is 0 Å². The summed E-state index contributed by atoms with van der Waals surface area (Å²) in [5.74, 6) is 0. The van der Waals surface area contributed by atoms with Crippen LogP contribution in [0.2, 0.25) is 0 Å². The van der Waals surface area contributed by atoms with E-state index in [4.69, 9.17) is 15.0 Å². The maximum Gasteiger partial charge on any atom is 3.00 e. The van der Waals surface area contributed by atoms with Crippen molar-refractivity contribution in [3.8, 4) is 101 Å². The van der Waals surface area contributed by atoms with E-state index in [9.17, 15) is 0 Å². The zero-order chi connectivity index (χ0) is 54.8. The van der Waals surface area contributed by atoms with Crippen LogP contribution < -0.4 is 0 Å². The summed E-state index contributed by atoms with van der Waals surface area (Å²) in [5.41, 5.74) is 26.6. The van der Waals surface area contributed by atoms with Crippen molar-refractivity contribution in [2.75, 3.05) is 0 Å². The number of benzene rings is 8. The van der Waals surface area contributed by atoms with Crippen molar-refractivity contribution in [2.24, 2.45) is 0 Å². The van der Waals surface area contributed by atoms with E-state index in [0.29, 0.717) is 0 Å². The molecule has 3 aromatic heterocycles. The van der Waals surface area contributed by atoms with Gasteiger partial charge in [-0.05, 0) is 138 Å². The second-order valence-corrected chi connectivity index (χ2v) is 22.9. The Bertz CT molecular complexity index is 4080. The predicted octanol–water partition coefficient (Wildman–Crippen LogP) is 20.1. The van der Waals surface area contributed by atoms with Crippen LogP contribution in [-0.4, -0.2) is 15.0 Å². The third-order valence-corrected chi connectivity index (χ3v) is 15.5. The first-order valence-electron chi connectivity index (χ1n) is 27.8. The van der Waals surface area contributed by atoms with E-state index in [-0.39, 0.29) is 30.9 Å². The third-order valence-electron chi connectivity index (χ3n) is 15.5. The molecule has 1 aliphatic carbocycles. The molecule has 0 fully saturated rings. The fourth-order valence-corrected chi connectivity index (χ4v) is 11.0. The Kier molecular flexibility index (Phi) is 15.6. The largest absolute Gasteiger partial charge is 3.00 e. The summed E-state index contributed by atoms with van der Waals surface area (Å²) in [7, 11) is 0. The van der Waals surface area contributed by atoms with Crippen LogP contribution in [-0.2, 0) is 30.9 Å². The molecule has 0 radical (unpaired) electrons. The first kappa shape index (κ1) is 54.3. The molecule has 12 rings (SSSR count). The van der Waals surface area contributed by atoms with Crippen molar-refractivity contribution >= 4 is 11.1 Å². The van der Waals surface area contributed by atoms with Gasteiger partial charge in [-0.1, -0.05) is 220 Å². The van der Waals surface area contributed by atoms with Crippen molar-refractivity contribution < 1.29 is 20.1 Å². The Morgan fingerprint density at radius 3 is 1.42 bits per heavy atom. The molecule has 0 spiro atoms. The zero-order valence-electron chi connectivity index (χ0n) is 46.7. The van der Waals surface area contributed by atoms with Gasteiger partial charge in [-0.2, -0.15) is 0 Å². The molecule has 8 aromatic carbocycles. The molecule has 3 heterocycles. The summed E-state index contributed by atoms with van der Waals surface area (Å²) in [6.45, 7) is 13.4. The fraction of sp³-hybridized carbons (Fsp3) is 0.130. The van der Waals surface area contributed by atoms with Gasteiger partial charge in [-0.25, -0.2) is 0 Å². The molecule has 394 valence electrons. The number of hydrogen-bond acceptors (Lipinski definition) is 3. The zero-order valence-corrected chi connectivity index (χ0v) is 49.1. The average molecular weight is 1220 g/mol. The maximum atomic E-state index is 4.78. The van der Waals surface area contributed by atoms with Crippen LogP contribution >= 0.6 is 0 Å². The monoisotopic (exact) mass is 1220 g/mol. The Morgan fingerprint density at radius 1 is 0.346 bits per heavy atom. The van der Waals surface area contributed by atoms with Crippen LogP contribution in [0.4, 0.5) is 0 Å². The van der Waals surface area contributed by atoms with Gasteiger partial charge >= 0.3 is 20.1 Å². The van der Waals surface area contributed by atoms with Gasteiger partial charge in [0.2, 0.25) is 0 Å². The van der Waals surface area contributed by atoms with E-state index < -0.39 is 0 Å². The molecule has 3 nitrogen and oxygen atoms in total. The minimum absolute atomic E-state index is 0. The standard InChI is InChI=1S/C77H62N3.Ir/c1-76(2,3)63-41-44-79-74(50-63)57-35-31-54(32-36-57)65-20-10-12-22-67(65)60-46-61(68-23-13-11-21-66(68)55-33-37-58(38-34-55)75-51-64(42-45-80-75)77(4,5)6)48-62(47-60)69-24-14-15-25-70(69)71-40-39-59(73-26-16-17-43-78-73)49-72(71)56-29-27-53(28-30-56)52-18-8-7-9-19-52;/h7-12,14-22,24-35,37,40-51H,13,23H2,1-6H3;/q-3;+3. The number of hydrogen-bond donors (Lipinski definition) is 0. The fourth-order valence-electron chi connectivity index (χ4n) is 11.0. The van der Waals surface area contributed by atoms with Crippen LogP contribution in [0.1, 0.15) is 76.6 Å². The number of aromatic nitrogens is 3. The third kappa shape index (κ3) is 11.7. The Morgan fingerprint density at radius 2 is 0.840 bits per heavy atom. The summed E-state index contributed by atoms with van der Waals surface area (Å²) < 4.78 is 0. The van der Waals surface area contributed by atoms with Crippen LogP contribution in [0.5, 0.6) is 0 Å². The van der Waals surface area contributed by atoms with Crippen molar-refractivity contribution in [1.29, 1.82) is 0 Å². The average Bonchev–Trinajstić information content (AvgIpc) is 3.52.